The van der Waals surface area contributed by atoms with Gasteiger partial charge in [0.2, 0.25) is 0 Å². The second-order valence-corrected chi connectivity index (χ2v) is 6.97. The summed E-state index contributed by atoms with van der Waals surface area (Å²) in [6.45, 7) is 2.01. The summed E-state index contributed by atoms with van der Waals surface area (Å²) in [6.07, 6.45) is 2.10. The van der Waals surface area contributed by atoms with E-state index in [0.717, 1.165) is 0 Å². The Labute approximate surface area is 174 Å². The Morgan fingerprint density at radius 1 is 1.13 bits per heavy atom. The highest BCUT2D eigenvalue weighted by Crippen LogP contribution is 2.27. The predicted molar refractivity (Wildman–Crippen MR) is 114 cm³/mol. The third-order valence-electron chi connectivity index (χ3n) is 4.98. The largest absolute Gasteiger partial charge is 0.382 e. The van der Waals surface area contributed by atoms with E-state index in [0.29, 0.717) is 39.9 Å². The van der Waals surface area contributed by atoms with Crippen LogP contribution in [0.15, 0.2) is 47.4 Å². The molecule has 0 atom stereocenters. The van der Waals surface area contributed by atoms with Crippen LogP contribution < -0.4 is 11.3 Å². The second-order valence-electron chi connectivity index (χ2n) is 6.97. The van der Waals surface area contributed by atoms with E-state index in [-0.39, 0.29) is 35.2 Å². The molecule has 1 aromatic carbocycles. The van der Waals surface area contributed by atoms with Crippen LogP contribution in [-0.4, -0.2) is 34.7 Å². The fourth-order valence-electron chi connectivity index (χ4n) is 3.45. The molecule has 0 spiro atoms. The lowest BCUT2D eigenvalue weighted by molar-refractivity contribution is 0.589. The zero-order valence-electron chi connectivity index (χ0n) is 16.5. The fourth-order valence-corrected chi connectivity index (χ4v) is 3.45. The average Bonchev–Trinajstić information content (AvgIpc) is 3.13. The summed E-state index contributed by atoms with van der Waals surface area (Å²) in [5.41, 5.74) is 8.17. The number of nitrogens with zero attached hydrogens (tertiary/aromatic N) is 6. The van der Waals surface area contributed by atoms with E-state index in [1.165, 1.54) is 6.07 Å². The van der Waals surface area contributed by atoms with Crippen LogP contribution in [0.4, 0.5) is 10.2 Å². The molecule has 5 aromatic rings. The van der Waals surface area contributed by atoms with E-state index in [1.807, 2.05) is 13.0 Å². The van der Waals surface area contributed by atoms with Crippen molar-refractivity contribution in [2.24, 2.45) is 0 Å². The minimum atomic E-state index is -0.329. The average molecular weight is 416 g/mol. The lowest BCUT2D eigenvalue weighted by Gasteiger charge is -2.05. The van der Waals surface area contributed by atoms with Crippen LogP contribution >= 0.6 is 0 Å². The minimum absolute atomic E-state index is 0.131. The number of aryl methyl sites for hydroxylation is 1. The Bertz CT molecular complexity index is 1510. The molecule has 0 bridgehead atoms. The van der Waals surface area contributed by atoms with Gasteiger partial charge in [-0.1, -0.05) is 25.1 Å². The molecule has 0 aliphatic rings. The Hall–Kier alpha value is -4.21. The summed E-state index contributed by atoms with van der Waals surface area (Å²) >= 11 is 0. The molecule has 0 aliphatic heterocycles. The van der Waals surface area contributed by atoms with Crippen LogP contribution in [0.3, 0.4) is 0 Å². The van der Waals surface area contributed by atoms with Gasteiger partial charge in [-0.3, -0.25) is 4.79 Å². The third kappa shape index (κ3) is 3.18. The van der Waals surface area contributed by atoms with Crippen molar-refractivity contribution in [2.45, 2.75) is 19.9 Å². The van der Waals surface area contributed by atoms with Gasteiger partial charge < -0.3 is 10.7 Å². The minimum Gasteiger partial charge on any atom is -0.382 e. The summed E-state index contributed by atoms with van der Waals surface area (Å²) in [7, 11) is 0. The lowest BCUT2D eigenvalue weighted by Crippen LogP contribution is -2.16. The van der Waals surface area contributed by atoms with E-state index in [9.17, 15) is 9.18 Å². The maximum Gasteiger partial charge on any atom is 0.271 e. The molecule has 0 fully saturated rings. The highest BCUT2D eigenvalue weighted by molar-refractivity contribution is 5.91. The van der Waals surface area contributed by atoms with Crippen molar-refractivity contribution in [3.8, 4) is 11.5 Å². The van der Waals surface area contributed by atoms with Gasteiger partial charge >= 0.3 is 0 Å². The van der Waals surface area contributed by atoms with Crippen molar-refractivity contribution in [3.63, 3.8) is 0 Å². The quantitative estimate of drug-likeness (QED) is 0.460. The van der Waals surface area contributed by atoms with Gasteiger partial charge in [-0.2, -0.15) is 5.10 Å². The van der Waals surface area contributed by atoms with Crippen LogP contribution in [0.2, 0.25) is 0 Å². The van der Waals surface area contributed by atoms with Crippen molar-refractivity contribution in [3.05, 3.63) is 70.0 Å². The smallest absolute Gasteiger partial charge is 0.271 e. The third-order valence-corrected chi connectivity index (χ3v) is 4.98. The van der Waals surface area contributed by atoms with Gasteiger partial charge in [0.1, 0.15) is 22.7 Å². The van der Waals surface area contributed by atoms with Gasteiger partial charge in [-0.25, -0.2) is 29.0 Å². The number of H-pyrrole nitrogens is 1. The lowest BCUT2D eigenvalue weighted by atomic mass is 10.2. The standard InChI is InChI=1S/C21H17FN8O/c1-2-14-21(31)28-19-16(25-14)17(23)26-18(27-19)15-12-7-5-9-24-20(12)30(29-15)10-11-6-3-4-8-13(11)22/h3-9H,2,10H2,1H3,(H3,23,26,27,28,31). The molecule has 4 aromatic heterocycles. The molecule has 0 saturated heterocycles. The molecule has 4 heterocycles. The molecule has 5 rings (SSSR count). The highest BCUT2D eigenvalue weighted by Gasteiger charge is 2.19. The second kappa shape index (κ2) is 7.24. The van der Waals surface area contributed by atoms with Crippen LogP contribution in [0.1, 0.15) is 18.2 Å². The predicted octanol–water partition coefficient (Wildman–Crippen LogP) is 2.46. The molecule has 9 nitrogen and oxygen atoms in total. The van der Waals surface area contributed by atoms with E-state index >= 15 is 0 Å². The van der Waals surface area contributed by atoms with Gasteiger partial charge in [0, 0.05) is 11.8 Å². The molecule has 0 unspecified atom stereocenters. The van der Waals surface area contributed by atoms with E-state index in [2.05, 4.69) is 30.0 Å². The van der Waals surface area contributed by atoms with Crippen LogP contribution in [0.25, 0.3) is 33.7 Å². The van der Waals surface area contributed by atoms with Gasteiger partial charge in [0.25, 0.3) is 5.56 Å². The maximum atomic E-state index is 14.2. The number of pyridine rings is 1. The first-order valence-corrected chi connectivity index (χ1v) is 9.67. The Morgan fingerprint density at radius 2 is 1.97 bits per heavy atom. The summed E-state index contributed by atoms with van der Waals surface area (Å²) in [6, 6.07) is 10.1. The van der Waals surface area contributed by atoms with E-state index < -0.39 is 0 Å². The Balaban J connectivity index is 1.69. The number of nitrogens with one attached hydrogen (secondary N) is 1. The van der Waals surface area contributed by atoms with E-state index in [4.69, 9.17) is 5.73 Å². The van der Waals surface area contributed by atoms with Crippen LogP contribution in [0.5, 0.6) is 0 Å². The molecule has 154 valence electrons. The molecule has 0 radical (unpaired) electrons. The van der Waals surface area contributed by atoms with Crippen molar-refractivity contribution in [1.29, 1.82) is 0 Å². The van der Waals surface area contributed by atoms with Crippen molar-refractivity contribution in [1.82, 2.24) is 34.7 Å². The number of aromatic nitrogens is 7. The topological polar surface area (TPSA) is 128 Å². The number of nitrogens with two attached hydrogens (primary N) is 1. The summed E-state index contributed by atoms with van der Waals surface area (Å²) in [5, 5.41) is 5.27. The molecule has 31 heavy (non-hydrogen) atoms. The molecular formula is C21H17FN8O. The number of hydrogen-bond donors (Lipinski definition) is 2. The maximum absolute atomic E-state index is 14.2. The number of hydrogen-bond acceptors (Lipinski definition) is 7. The Kier molecular flexibility index (Phi) is 4.39. The normalized spacial score (nSPS) is 11.4. The molecular weight excluding hydrogens is 399 g/mol. The number of benzene rings is 1. The van der Waals surface area contributed by atoms with Gasteiger partial charge in [0.15, 0.2) is 22.9 Å². The van der Waals surface area contributed by atoms with Crippen molar-refractivity contribution in [2.75, 3.05) is 5.73 Å². The first-order valence-electron chi connectivity index (χ1n) is 9.67. The monoisotopic (exact) mass is 416 g/mol. The zero-order valence-corrected chi connectivity index (χ0v) is 16.5. The number of aromatic amines is 1. The van der Waals surface area contributed by atoms with E-state index in [1.54, 1.807) is 35.1 Å². The van der Waals surface area contributed by atoms with Gasteiger partial charge in [-0.05, 0) is 24.6 Å². The summed E-state index contributed by atoms with van der Waals surface area (Å²) in [5.74, 6) is 0.0221. The zero-order chi connectivity index (χ0) is 21.5. The SMILES string of the molecule is CCc1nc2c(N)nc(-c3nn(Cc4ccccc4F)c4ncccc34)nc2[nH]c1=O. The number of rotatable bonds is 4. The fraction of sp³-hybridized carbons (Fsp3) is 0.143. The van der Waals surface area contributed by atoms with Crippen LogP contribution in [-0.2, 0) is 13.0 Å². The highest BCUT2D eigenvalue weighted by atomic mass is 19.1. The number of anilines is 1. The molecule has 0 aliphatic carbocycles. The molecule has 0 saturated carbocycles. The van der Waals surface area contributed by atoms with Gasteiger partial charge in [-0.15, -0.1) is 0 Å². The first kappa shape index (κ1) is 18.8. The summed E-state index contributed by atoms with van der Waals surface area (Å²) < 4.78 is 15.8. The molecule has 10 heteroatoms. The molecule has 0 amide bonds. The van der Waals surface area contributed by atoms with Crippen molar-refractivity contribution < 1.29 is 4.39 Å². The Morgan fingerprint density at radius 3 is 2.77 bits per heavy atom. The van der Waals surface area contributed by atoms with Crippen LogP contribution in [0, 0.1) is 5.82 Å². The summed E-state index contributed by atoms with van der Waals surface area (Å²) in [4.78, 5) is 32.4. The number of halogens is 1. The number of fused-ring (bicyclic) bond motifs is 2. The van der Waals surface area contributed by atoms with Crippen molar-refractivity contribution >= 4 is 28.0 Å². The number of nitrogen functional groups attached to an aromatic ring is 1. The molecule has 3 N–H and O–H groups in total. The first-order chi connectivity index (χ1) is 15.0. The van der Waals surface area contributed by atoms with Gasteiger partial charge in [0.05, 0.1) is 11.9 Å².